The van der Waals surface area contributed by atoms with E-state index in [0.29, 0.717) is 30.8 Å². The summed E-state index contributed by atoms with van der Waals surface area (Å²) in [6.45, 7) is 3.85. The highest BCUT2D eigenvalue weighted by atomic mass is 16.5. The molecule has 0 saturated carbocycles. The van der Waals surface area contributed by atoms with E-state index >= 15 is 0 Å². The van der Waals surface area contributed by atoms with Crippen molar-refractivity contribution in [1.29, 1.82) is 0 Å². The van der Waals surface area contributed by atoms with Crippen molar-refractivity contribution < 1.29 is 14.3 Å². The highest BCUT2D eigenvalue weighted by molar-refractivity contribution is 5.94. The number of benzene rings is 1. The lowest BCUT2D eigenvalue weighted by Crippen LogP contribution is -2.53. The molecule has 1 amide bonds. The number of aryl methyl sites for hydroxylation is 1. The molecule has 1 atom stereocenters. The molecule has 9 heteroatoms. The summed E-state index contributed by atoms with van der Waals surface area (Å²) in [5.41, 5.74) is 1.10. The average molecular weight is 435 g/mol. The molecule has 1 spiro atoms. The molecule has 166 valence electrons. The Bertz CT molecular complexity index is 1100. The van der Waals surface area contributed by atoms with E-state index in [2.05, 4.69) is 25.2 Å². The number of hydrogen-bond donors (Lipinski definition) is 1. The molecule has 1 aromatic carbocycles. The molecule has 9 nitrogen and oxygen atoms in total. The minimum atomic E-state index is -0.620. The summed E-state index contributed by atoms with van der Waals surface area (Å²) in [7, 11) is 1.60. The molecule has 2 aliphatic rings. The van der Waals surface area contributed by atoms with Gasteiger partial charge in [-0.25, -0.2) is 15.0 Å². The minimum Gasteiger partial charge on any atom is -0.497 e. The van der Waals surface area contributed by atoms with Crippen molar-refractivity contribution in [3.63, 3.8) is 0 Å². The van der Waals surface area contributed by atoms with Crippen LogP contribution >= 0.6 is 0 Å². The van der Waals surface area contributed by atoms with E-state index in [9.17, 15) is 4.79 Å². The lowest BCUT2D eigenvalue weighted by atomic mass is 9.88. The zero-order valence-corrected chi connectivity index (χ0v) is 18.2. The first-order chi connectivity index (χ1) is 15.6. The van der Waals surface area contributed by atoms with Gasteiger partial charge in [-0.2, -0.15) is 0 Å². The van der Waals surface area contributed by atoms with E-state index in [-0.39, 0.29) is 5.91 Å². The SMILES string of the molecule is COc1cccc(NC(=O)C2Cn3ccnc3C3(CCN(c4ncc(C)cn4)CC3)O2)c1. The molecule has 0 radical (unpaired) electrons. The number of rotatable bonds is 4. The van der Waals surface area contributed by atoms with E-state index in [1.54, 1.807) is 19.4 Å². The predicted molar refractivity (Wildman–Crippen MR) is 119 cm³/mol. The quantitative estimate of drug-likeness (QED) is 0.674. The van der Waals surface area contributed by atoms with E-state index in [1.165, 1.54) is 0 Å². The number of nitrogens with one attached hydrogen (secondary N) is 1. The van der Waals surface area contributed by atoms with Gasteiger partial charge in [0.2, 0.25) is 5.95 Å². The summed E-state index contributed by atoms with van der Waals surface area (Å²) in [5.74, 6) is 2.11. The van der Waals surface area contributed by atoms with Gasteiger partial charge < -0.3 is 24.3 Å². The number of hydrogen-bond acceptors (Lipinski definition) is 7. The van der Waals surface area contributed by atoms with E-state index < -0.39 is 11.7 Å². The molecular formula is C23H26N6O3. The van der Waals surface area contributed by atoms with Crippen LogP contribution in [0.1, 0.15) is 24.2 Å². The van der Waals surface area contributed by atoms with Crippen molar-refractivity contribution in [2.45, 2.75) is 38.0 Å². The lowest BCUT2D eigenvalue weighted by molar-refractivity contribution is -0.162. The van der Waals surface area contributed by atoms with Crippen molar-refractivity contribution in [2.24, 2.45) is 0 Å². The normalized spacial score (nSPS) is 19.4. The van der Waals surface area contributed by atoms with Crippen LogP contribution in [0, 0.1) is 6.92 Å². The summed E-state index contributed by atoms with van der Waals surface area (Å²) in [4.78, 5) is 28.7. The number of amides is 1. The Labute approximate surface area is 186 Å². The summed E-state index contributed by atoms with van der Waals surface area (Å²) in [5, 5.41) is 2.96. The molecule has 1 fully saturated rings. The van der Waals surface area contributed by atoms with Gasteiger partial charge in [-0.3, -0.25) is 4.79 Å². The Morgan fingerprint density at radius 2 is 2.00 bits per heavy atom. The second kappa shape index (κ2) is 8.23. The third kappa shape index (κ3) is 3.80. The molecule has 0 aliphatic carbocycles. The van der Waals surface area contributed by atoms with Crippen LogP contribution in [-0.2, 0) is 21.7 Å². The molecule has 2 aliphatic heterocycles. The van der Waals surface area contributed by atoms with Gasteiger partial charge in [0.15, 0.2) is 6.10 Å². The molecular weight excluding hydrogens is 408 g/mol. The number of nitrogens with zero attached hydrogens (tertiary/aromatic N) is 5. The first-order valence-electron chi connectivity index (χ1n) is 10.7. The van der Waals surface area contributed by atoms with Gasteiger partial charge >= 0.3 is 0 Å². The van der Waals surface area contributed by atoms with Gasteiger partial charge in [0.05, 0.1) is 13.7 Å². The van der Waals surface area contributed by atoms with Crippen LogP contribution in [0.5, 0.6) is 5.75 Å². The van der Waals surface area contributed by atoms with Crippen molar-refractivity contribution in [1.82, 2.24) is 19.5 Å². The lowest BCUT2D eigenvalue weighted by Gasteiger charge is -2.45. The molecule has 1 N–H and O–H groups in total. The van der Waals surface area contributed by atoms with Gasteiger partial charge in [-0.15, -0.1) is 0 Å². The smallest absolute Gasteiger partial charge is 0.255 e. The van der Waals surface area contributed by atoms with Crippen LogP contribution < -0.4 is 15.0 Å². The van der Waals surface area contributed by atoms with Crippen LogP contribution in [0.15, 0.2) is 49.1 Å². The van der Waals surface area contributed by atoms with E-state index in [0.717, 1.165) is 30.4 Å². The van der Waals surface area contributed by atoms with Crippen molar-refractivity contribution in [3.8, 4) is 5.75 Å². The number of imidazole rings is 1. The standard InChI is InChI=1S/C23H26N6O3/c1-16-13-25-22(26-14-16)28-9-6-23(7-10-28)21-24-8-11-29(21)15-19(32-23)20(30)27-17-4-3-5-18(12-17)31-2/h3-5,8,11-14,19H,6-7,9-10,15H2,1-2H3,(H,27,30). The maximum Gasteiger partial charge on any atom is 0.255 e. The first-order valence-corrected chi connectivity index (χ1v) is 10.7. The third-order valence-electron chi connectivity index (χ3n) is 6.10. The van der Waals surface area contributed by atoms with Crippen LogP contribution in [0.4, 0.5) is 11.6 Å². The number of ether oxygens (including phenoxy) is 2. The summed E-state index contributed by atoms with van der Waals surface area (Å²) in [6, 6.07) is 7.31. The van der Waals surface area contributed by atoms with Crippen molar-refractivity contribution in [2.75, 3.05) is 30.4 Å². The number of anilines is 2. The summed E-state index contributed by atoms with van der Waals surface area (Å²) in [6.07, 6.45) is 8.13. The van der Waals surface area contributed by atoms with Gasteiger partial charge in [0.1, 0.15) is 17.2 Å². The molecule has 1 saturated heterocycles. The second-order valence-corrected chi connectivity index (χ2v) is 8.27. The van der Waals surface area contributed by atoms with Crippen molar-refractivity contribution in [3.05, 3.63) is 60.4 Å². The fraction of sp³-hybridized carbons (Fsp3) is 0.391. The molecule has 3 aromatic rings. The van der Waals surface area contributed by atoms with Gasteiger partial charge in [0.25, 0.3) is 5.91 Å². The number of fused-ring (bicyclic) bond motifs is 2. The summed E-state index contributed by atoms with van der Waals surface area (Å²) >= 11 is 0. The topological polar surface area (TPSA) is 94.4 Å². The number of piperidine rings is 1. The highest BCUT2D eigenvalue weighted by Gasteiger charge is 2.47. The third-order valence-corrected chi connectivity index (χ3v) is 6.10. The average Bonchev–Trinajstić information content (AvgIpc) is 3.30. The van der Waals surface area contributed by atoms with Gasteiger partial charge in [-0.1, -0.05) is 6.07 Å². The van der Waals surface area contributed by atoms with Gasteiger partial charge in [-0.05, 0) is 24.6 Å². The largest absolute Gasteiger partial charge is 0.497 e. The number of aromatic nitrogens is 4. The highest BCUT2D eigenvalue weighted by Crippen LogP contribution is 2.40. The zero-order valence-electron chi connectivity index (χ0n) is 18.2. The Kier molecular flexibility index (Phi) is 5.26. The number of methoxy groups -OCH3 is 1. The molecule has 32 heavy (non-hydrogen) atoms. The Hall–Kier alpha value is -3.46. The monoisotopic (exact) mass is 434 g/mol. The maximum absolute atomic E-state index is 13.1. The predicted octanol–water partition coefficient (Wildman–Crippen LogP) is 2.52. The van der Waals surface area contributed by atoms with Crippen LogP contribution in [0.25, 0.3) is 0 Å². The molecule has 0 bridgehead atoms. The fourth-order valence-electron chi connectivity index (χ4n) is 4.42. The van der Waals surface area contributed by atoms with E-state index in [4.69, 9.17) is 9.47 Å². The van der Waals surface area contributed by atoms with Crippen molar-refractivity contribution >= 4 is 17.5 Å². The fourth-order valence-corrected chi connectivity index (χ4v) is 4.42. The van der Waals surface area contributed by atoms with Crippen LogP contribution in [0.3, 0.4) is 0 Å². The van der Waals surface area contributed by atoms with Crippen LogP contribution in [-0.4, -0.2) is 51.7 Å². The number of carbonyl (C=O) groups excluding carboxylic acids is 1. The Morgan fingerprint density at radius 3 is 2.75 bits per heavy atom. The molecule has 4 heterocycles. The molecule has 1 unspecified atom stereocenters. The maximum atomic E-state index is 13.1. The zero-order chi connectivity index (χ0) is 22.1. The Balaban J connectivity index is 1.33. The van der Waals surface area contributed by atoms with E-state index in [1.807, 2.05) is 48.3 Å². The molecule has 2 aromatic heterocycles. The second-order valence-electron chi connectivity index (χ2n) is 8.27. The molecule has 5 rings (SSSR count). The first kappa shape index (κ1) is 20.4. The van der Waals surface area contributed by atoms with Crippen LogP contribution in [0.2, 0.25) is 0 Å². The van der Waals surface area contributed by atoms with Gasteiger partial charge in [0, 0.05) is 62.5 Å². The summed E-state index contributed by atoms with van der Waals surface area (Å²) < 4.78 is 13.8. The Morgan fingerprint density at radius 1 is 1.22 bits per heavy atom. The number of carbonyl (C=O) groups is 1. The minimum absolute atomic E-state index is 0.179.